The second-order valence-electron chi connectivity index (χ2n) is 8.28. The minimum atomic E-state index is -0.815. The van der Waals surface area contributed by atoms with Crippen molar-refractivity contribution >= 4 is 29.3 Å². The Morgan fingerprint density at radius 2 is 1.36 bits per heavy atom. The van der Waals surface area contributed by atoms with Gasteiger partial charge >= 0.3 is 6.16 Å². The largest absolute Gasteiger partial charge is 0.513 e. The van der Waals surface area contributed by atoms with E-state index in [1.165, 1.54) is 29.8 Å². The Morgan fingerprint density at radius 3 is 1.94 bits per heavy atom. The Bertz CT molecular complexity index is 1190. The summed E-state index contributed by atoms with van der Waals surface area (Å²) in [6.45, 7) is 7.75. The summed E-state index contributed by atoms with van der Waals surface area (Å²) in [5, 5.41) is 5.60. The van der Waals surface area contributed by atoms with E-state index in [1.807, 2.05) is 24.3 Å². The molecule has 0 radical (unpaired) electrons. The Kier molecular flexibility index (Phi) is 9.05. The standard InChI is InChI=1S/C28H30N2O6/c1-5-34-28(33)36-23-16-12-21(13-17-23)27(32)30-25-9-7-6-8-24(25)29-26(31)19(4)35-22-14-10-20(11-15-22)18(2)3/h6-19H,5H2,1-4H3,(H,29,31)(H,30,32). The molecule has 0 saturated carbocycles. The summed E-state index contributed by atoms with van der Waals surface area (Å²) in [6, 6.07) is 20.5. The number of para-hydroxylation sites is 2. The number of ether oxygens (including phenoxy) is 3. The van der Waals surface area contributed by atoms with Gasteiger partial charge in [-0.15, -0.1) is 0 Å². The van der Waals surface area contributed by atoms with E-state index in [9.17, 15) is 14.4 Å². The van der Waals surface area contributed by atoms with Gasteiger partial charge in [-0.2, -0.15) is 0 Å². The molecule has 0 bridgehead atoms. The van der Waals surface area contributed by atoms with E-state index in [-0.39, 0.29) is 18.3 Å². The molecule has 188 valence electrons. The van der Waals surface area contributed by atoms with Crippen molar-refractivity contribution < 1.29 is 28.6 Å². The van der Waals surface area contributed by atoms with Crippen LogP contribution in [0.1, 0.15) is 49.5 Å². The van der Waals surface area contributed by atoms with Crippen LogP contribution >= 0.6 is 0 Å². The van der Waals surface area contributed by atoms with Gasteiger partial charge in [-0.3, -0.25) is 9.59 Å². The van der Waals surface area contributed by atoms with Crippen LogP contribution in [-0.2, 0) is 9.53 Å². The van der Waals surface area contributed by atoms with E-state index in [0.29, 0.717) is 28.6 Å². The minimum absolute atomic E-state index is 0.200. The maximum Gasteiger partial charge on any atom is 0.513 e. The lowest BCUT2D eigenvalue weighted by Gasteiger charge is -2.17. The lowest BCUT2D eigenvalue weighted by atomic mass is 10.0. The van der Waals surface area contributed by atoms with Crippen molar-refractivity contribution in [3.63, 3.8) is 0 Å². The number of benzene rings is 3. The van der Waals surface area contributed by atoms with E-state index in [2.05, 4.69) is 24.5 Å². The highest BCUT2D eigenvalue weighted by molar-refractivity contribution is 6.07. The third-order valence-electron chi connectivity index (χ3n) is 5.24. The Morgan fingerprint density at radius 1 is 0.778 bits per heavy atom. The van der Waals surface area contributed by atoms with Crippen molar-refractivity contribution in [2.24, 2.45) is 0 Å². The van der Waals surface area contributed by atoms with Crippen LogP contribution in [0.2, 0.25) is 0 Å². The Labute approximate surface area is 210 Å². The molecule has 3 aromatic carbocycles. The first-order valence-corrected chi connectivity index (χ1v) is 11.7. The van der Waals surface area contributed by atoms with E-state index < -0.39 is 18.2 Å². The molecule has 3 rings (SSSR count). The van der Waals surface area contributed by atoms with Crippen LogP contribution < -0.4 is 20.1 Å². The number of rotatable bonds is 9. The van der Waals surface area contributed by atoms with Crippen LogP contribution in [0.25, 0.3) is 0 Å². The van der Waals surface area contributed by atoms with E-state index in [4.69, 9.17) is 14.2 Å². The van der Waals surface area contributed by atoms with Crippen LogP contribution in [-0.4, -0.2) is 30.7 Å². The number of amides is 2. The van der Waals surface area contributed by atoms with Crippen LogP contribution in [0.3, 0.4) is 0 Å². The monoisotopic (exact) mass is 490 g/mol. The molecule has 0 aliphatic carbocycles. The zero-order chi connectivity index (χ0) is 26.1. The quantitative estimate of drug-likeness (QED) is 0.282. The summed E-state index contributed by atoms with van der Waals surface area (Å²) in [6.07, 6.45) is -1.57. The molecule has 3 aromatic rings. The molecule has 1 unspecified atom stereocenters. The summed E-state index contributed by atoms with van der Waals surface area (Å²) < 4.78 is 15.5. The minimum Gasteiger partial charge on any atom is -0.481 e. The van der Waals surface area contributed by atoms with Gasteiger partial charge in [0.1, 0.15) is 11.5 Å². The average Bonchev–Trinajstić information content (AvgIpc) is 2.86. The Balaban J connectivity index is 1.62. The van der Waals surface area contributed by atoms with Gasteiger partial charge in [0.05, 0.1) is 18.0 Å². The second kappa shape index (κ2) is 12.4. The van der Waals surface area contributed by atoms with Crippen LogP contribution in [0.4, 0.5) is 16.2 Å². The maximum absolute atomic E-state index is 12.8. The van der Waals surface area contributed by atoms with Gasteiger partial charge in [-0.1, -0.05) is 38.1 Å². The van der Waals surface area contributed by atoms with Crippen LogP contribution in [0.15, 0.2) is 72.8 Å². The van der Waals surface area contributed by atoms with E-state index in [1.54, 1.807) is 38.1 Å². The van der Waals surface area contributed by atoms with Crippen molar-refractivity contribution in [2.45, 2.75) is 39.7 Å². The van der Waals surface area contributed by atoms with Gasteiger partial charge in [-0.25, -0.2) is 4.79 Å². The maximum atomic E-state index is 12.8. The van der Waals surface area contributed by atoms with Crippen molar-refractivity contribution in [3.05, 3.63) is 83.9 Å². The number of hydrogen-bond donors (Lipinski definition) is 2. The number of hydrogen-bond acceptors (Lipinski definition) is 6. The molecule has 2 amide bonds. The van der Waals surface area contributed by atoms with Gasteiger partial charge in [0.25, 0.3) is 11.8 Å². The van der Waals surface area contributed by atoms with Crippen LogP contribution in [0, 0.1) is 0 Å². The first-order valence-electron chi connectivity index (χ1n) is 11.7. The highest BCUT2D eigenvalue weighted by atomic mass is 16.7. The normalized spacial score (nSPS) is 11.4. The molecule has 36 heavy (non-hydrogen) atoms. The van der Waals surface area contributed by atoms with Crippen LogP contribution in [0.5, 0.6) is 11.5 Å². The smallest absolute Gasteiger partial charge is 0.481 e. The zero-order valence-electron chi connectivity index (χ0n) is 20.7. The molecule has 0 saturated heterocycles. The fourth-order valence-corrected chi connectivity index (χ4v) is 3.24. The predicted octanol–water partition coefficient (Wildman–Crippen LogP) is 6.00. The topological polar surface area (TPSA) is 103 Å². The molecule has 0 aliphatic rings. The number of carbonyl (C=O) groups excluding carboxylic acids is 3. The summed E-state index contributed by atoms with van der Waals surface area (Å²) in [4.78, 5) is 36.9. The summed E-state index contributed by atoms with van der Waals surface area (Å²) in [5.41, 5.74) is 2.39. The summed E-state index contributed by atoms with van der Waals surface area (Å²) in [5.74, 6) is 0.505. The molecule has 8 heteroatoms. The SMILES string of the molecule is CCOC(=O)Oc1ccc(C(=O)Nc2ccccc2NC(=O)C(C)Oc2ccc(C(C)C)cc2)cc1. The lowest BCUT2D eigenvalue weighted by Crippen LogP contribution is -2.30. The molecular weight excluding hydrogens is 460 g/mol. The van der Waals surface area contributed by atoms with Crippen molar-refractivity contribution in [1.29, 1.82) is 0 Å². The van der Waals surface area contributed by atoms with Crippen molar-refractivity contribution in [1.82, 2.24) is 0 Å². The second-order valence-corrected chi connectivity index (χ2v) is 8.28. The fourth-order valence-electron chi connectivity index (χ4n) is 3.24. The highest BCUT2D eigenvalue weighted by Gasteiger charge is 2.18. The van der Waals surface area contributed by atoms with Gasteiger partial charge in [0.2, 0.25) is 0 Å². The number of anilines is 2. The lowest BCUT2D eigenvalue weighted by molar-refractivity contribution is -0.122. The average molecular weight is 491 g/mol. The third-order valence-corrected chi connectivity index (χ3v) is 5.24. The molecule has 2 N–H and O–H groups in total. The first kappa shape index (κ1) is 26.3. The number of carbonyl (C=O) groups is 3. The van der Waals surface area contributed by atoms with Crippen molar-refractivity contribution in [3.8, 4) is 11.5 Å². The summed E-state index contributed by atoms with van der Waals surface area (Å²) >= 11 is 0. The Hall–Kier alpha value is -4.33. The van der Waals surface area contributed by atoms with Gasteiger partial charge in [0, 0.05) is 5.56 Å². The highest BCUT2D eigenvalue weighted by Crippen LogP contribution is 2.24. The molecule has 8 nitrogen and oxygen atoms in total. The van der Waals surface area contributed by atoms with Gasteiger partial charge < -0.3 is 24.8 Å². The van der Waals surface area contributed by atoms with E-state index >= 15 is 0 Å². The molecule has 0 spiro atoms. The molecule has 0 fully saturated rings. The molecule has 0 aromatic heterocycles. The molecule has 1 atom stereocenters. The van der Waals surface area contributed by atoms with Gasteiger partial charge in [0.15, 0.2) is 6.10 Å². The molecule has 0 heterocycles. The third kappa shape index (κ3) is 7.33. The molecule has 0 aliphatic heterocycles. The summed E-state index contributed by atoms with van der Waals surface area (Å²) in [7, 11) is 0. The fraction of sp³-hybridized carbons (Fsp3) is 0.250. The predicted molar refractivity (Wildman–Crippen MR) is 138 cm³/mol. The number of nitrogens with one attached hydrogen (secondary N) is 2. The van der Waals surface area contributed by atoms with Crippen molar-refractivity contribution in [2.75, 3.05) is 17.2 Å². The first-order chi connectivity index (χ1) is 17.3. The van der Waals surface area contributed by atoms with E-state index in [0.717, 1.165) is 0 Å². The van der Waals surface area contributed by atoms with Gasteiger partial charge in [-0.05, 0) is 73.9 Å². The zero-order valence-corrected chi connectivity index (χ0v) is 20.7. The molecular formula is C28H30N2O6.